The van der Waals surface area contributed by atoms with Gasteiger partial charge in [-0.2, -0.15) is 0 Å². The van der Waals surface area contributed by atoms with Gasteiger partial charge in [-0.05, 0) is 25.2 Å². The Morgan fingerprint density at radius 2 is 1.68 bits per heavy atom. The minimum Gasteiger partial charge on any atom is -0.580 e. The molecule has 2 aliphatic rings. The maximum atomic E-state index is 5.94. The Kier molecular flexibility index (Phi) is 5.75. The van der Waals surface area contributed by atoms with Crippen molar-refractivity contribution in [2.75, 3.05) is 6.61 Å². The first-order valence-corrected chi connectivity index (χ1v) is 7.33. The van der Waals surface area contributed by atoms with Crippen LogP contribution < -0.4 is 0 Å². The largest absolute Gasteiger partial charge is 0.580 e. The molecule has 0 spiro atoms. The van der Waals surface area contributed by atoms with Crippen LogP contribution in [-0.4, -0.2) is 62.1 Å². The first kappa shape index (κ1) is 15.4. The molecule has 0 aromatic rings. The Labute approximate surface area is 118 Å². The van der Waals surface area contributed by atoms with Crippen LogP contribution in [0.3, 0.4) is 0 Å². The smallest absolute Gasteiger partial charge is 0.157 e. The molecule has 0 aromatic heterocycles. The van der Waals surface area contributed by atoms with E-state index in [9.17, 15) is 0 Å². The standard InChI is InChI=1S/C13H26B2O4/c1-16-7-11-8(5-12(14)19-11)3-4-9-10(17-2)6-13(15)18-9/h8-13,16-17H,1-7,14-15H2. The number of ether oxygens (including phenoxy) is 4. The van der Waals surface area contributed by atoms with Crippen LogP contribution in [0, 0.1) is 20.1 Å². The summed E-state index contributed by atoms with van der Waals surface area (Å²) in [5.41, 5.74) is 0. The molecule has 6 unspecified atom stereocenters. The quantitative estimate of drug-likeness (QED) is 0.348. The fourth-order valence-electron chi connectivity index (χ4n) is 3.43. The van der Waals surface area contributed by atoms with Crippen LogP contribution in [0.25, 0.3) is 0 Å². The van der Waals surface area contributed by atoms with Crippen LogP contribution in [0.4, 0.5) is 0 Å². The maximum Gasteiger partial charge on any atom is 0.157 e. The summed E-state index contributed by atoms with van der Waals surface area (Å²) in [6.45, 7) is 0.708. The fourth-order valence-corrected chi connectivity index (χ4v) is 3.43. The lowest BCUT2D eigenvalue weighted by Crippen LogP contribution is -2.28. The lowest BCUT2D eigenvalue weighted by atomic mass is 9.87. The molecule has 4 nitrogen and oxygen atoms in total. The summed E-state index contributed by atoms with van der Waals surface area (Å²) in [6.07, 6.45) is 5.03. The lowest BCUT2D eigenvalue weighted by Gasteiger charge is -2.21. The van der Waals surface area contributed by atoms with Gasteiger partial charge in [-0.1, -0.05) is 14.2 Å². The van der Waals surface area contributed by atoms with E-state index in [0.717, 1.165) is 25.7 Å². The summed E-state index contributed by atoms with van der Waals surface area (Å²) in [5.74, 6) is 0.575. The number of aliphatic hydroxyl groups is 4. The zero-order chi connectivity index (χ0) is 13.8. The van der Waals surface area contributed by atoms with Crippen LogP contribution in [0.2, 0.25) is 0 Å². The van der Waals surface area contributed by atoms with E-state index in [2.05, 4.69) is 39.4 Å². The van der Waals surface area contributed by atoms with Crippen LogP contribution in [0.5, 0.6) is 0 Å². The van der Waals surface area contributed by atoms with Gasteiger partial charge in [0.2, 0.25) is 0 Å². The number of rotatable bonds is 6. The van der Waals surface area contributed by atoms with Crippen LogP contribution in [0.1, 0.15) is 25.7 Å². The van der Waals surface area contributed by atoms with Gasteiger partial charge in [-0.15, -0.1) is 0 Å². The van der Waals surface area contributed by atoms with Crippen LogP contribution in [0.15, 0.2) is 0 Å². The second-order valence-electron chi connectivity index (χ2n) is 5.94. The number of hydrogen-bond donors (Lipinski definition) is 0. The van der Waals surface area contributed by atoms with E-state index in [1.54, 1.807) is 0 Å². The molecule has 2 heterocycles. The minimum atomic E-state index is 0.237. The molecule has 2 saturated heterocycles. The highest BCUT2D eigenvalue weighted by Crippen LogP contribution is 2.32. The van der Waals surface area contributed by atoms with Crippen molar-refractivity contribution in [2.45, 2.75) is 56.0 Å². The third kappa shape index (κ3) is 3.97. The van der Waals surface area contributed by atoms with Gasteiger partial charge in [0.05, 0.1) is 0 Å². The van der Waals surface area contributed by atoms with Gasteiger partial charge < -0.3 is 18.9 Å². The topological polar surface area (TPSA) is 44.1 Å². The van der Waals surface area contributed by atoms with Crippen molar-refractivity contribution < 1.29 is 18.9 Å². The predicted molar refractivity (Wildman–Crippen MR) is 80.2 cm³/mol. The molecule has 2 aliphatic heterocycles. The molecular formula is C13H26B2O4. The van der Waals surface area contributed by atoms with E-state index in [1.807, 2.05) is 0 Å². The SMILES string of the molecule is BC1CC(CCC2OC(B)CC2[OH+][CH2-])C(C[OH+][CH2-])O1. The van der Waals surface area contributed by atoms with Gasteiger partial charge in [0, 0.05) is 18.4 Å². The molecule has 0 bridgehead atoms. The highest BCUT2D eigenvalue weighted by Gasteiger charge is 2.38. The predicted octanol–water partition coefficient (Wildman–Crippen LogP) is -1.11. The second-order valence-corrected chi connectivity index (χ2v) is 5.94. The van der Waals surface area contributed by atoms with E-state index in [0.29, 0.717) is 24.5 Å². The van der Waals surface area contributed by atoms with Gasteiger partial charge in [-0.3, -0.25) is 0 Å². The molecule has 0 aromatic carbocycles. The van der Waals surface area contributed by atoms with Crippen molar-refractivity contribution in [1.29, 1.82) is 0 Å². The third-order valence-corrected chi connectivity index (χ3v) is 4.34. The molecule has 0 saturated carbocycles. The molecule has 0 aliphatic carbocycles. The van der Waals surface area contributed by atoms with Crippen LogP contribution in [-0.2, 0) is 9.47 Å². The average Bonchev–Trinajstić information content (AvgIpc) is 2.90. The summed E-state index contributed by atoms with van der Waals surface area (Å²) in [4.78, 5) is 0. The Hall–Kier alpha value is -0.0301. The van der Waals surface area contributed by atoms with E-state index < -0.39 is 0 Å². The summed E-state index contributed by atoms with van der Waals surface area (Å²) >= 11 is 0. The molecule has 2 rings (SSSR count). The van der Waals surface area contributed by atoms with Crippen molar-refractivity contribution in [3.63, 3.8) is 0 Å². The van der Waals surface area contributed by atoms with Crippen molar-refractivity contribution in [3.8, 4) is 0 Å². The normalized spacial score (nSPS) is 42.8. The van der Waals surface area contributed by atoms with Crippen molar-refractivity contribution in [3.05, 3.63) is 14.2 Å². The molecule has 0 amide bonds. The van der Waals surface area contributed by atoms with Crippen molar-refractivity contribution in [2.24, 2.45) is 5.92 Å². The summed E-state index contributed by atoms with van der Waals surface area (Å²) < 4.78 is 20.0. The zero-order valence-electron chi connectivity index (χ0n) is 12.1. The van der Waals surface area contributed by atoms with Gasteiger partial charge in [0.15, 0.2) is 6.10 Å². The summed E-state index contributed by atoms with van der Waals surface area (Å²) in [5, 5.41) is 0. The highest BCUT2D eigenvalue weighted by atomic mass is 16.6. The lowest BCUT2D eigenvalue weighted by molar-refractivity contribution is -0.0761. The third-order valence-electron chi connectivity index (χ3n) is 4.34. The molecule has 0 radical (unpaired) electrons. The molecule has 2 fully saturated rings. The monoisotopic (exact) mass is 268 g/mol. The highest BCUT2D eigenvalue weighted by molar-refractivity contribution is 6.11. The van der Waals surface area contributed by atoms with Crippen molar-refractivity contribution >= 4 is 15.7 Å². The van der Waals surface area contributed by atoms with Gasteiger partial charge in [-0.25, -0.2) is 0 Å². The molecule has 6 atom stereocenters. The minimum absolute atomic E-state index is 0.237. The molecule has 6 heteroatoms. The average molecular weight is 268 g/mol. The van der Waals surface area contributed by atoms with Crippen LogP contribution >= 0.6 is 0 Å². The number of hydrogen-bond acceptors (Lipinski definition) is 2. The zero-order valence-corrected chi connectivity index (χ0v) is 12.1. The fraction of sp³-hybridized carbons (Fsp3) is 0.846. The van der Waals surface area contributed by atoms with Gasteiger partial charge in [0.1, 0.15) is 34.5 Å². The van der Waals surface area contributed by atoms with E-state index in [-0.39, 0.29) is 18.3 Å². The van der Waals surface area contributed by atoms with Gasteiger partial charge in [0.25, 0.3) is 0 Å². The summed E-state index contributed by atoms with van der Waals surface area (Å²) in [6, 6.07) is 0.651. The second kappa shape index (κ2) is 7.11. The van der Waals surface area contributed by atoms with Gasteiger partial charge >= 0.3 is 0 Å². The van der Waals surface area contributed by atoms with E-state index >= 15 is 0 Å². The Bertz CT molecular complexity index is 279. The van der Waals surface area contributed by atoms with E-state index in [4.69, 9.17) is 9.47 Å². The molecule has 19 heavy (non-hydrogen) atoms. The van der Waals surface area contributed by atoms with Crippen molar-refractivity contribution in [1.82, 2.24) is 0 Å². The Balaban J connectivity index is 1.80. The first-order chi connectivity index (χ1) is 9.13. The first-order valence-electron chi connectivity index (χ1n) is 7.33. The molecule has 2 N–H and O–H groups in total. The molecular weight excluding hydrogens is 242 g/mol. The Morgan fingerprint density at radius 3 is 2.37 bits per heavy atom. The maximum absolute atomic E-state index is 5.94. The molecule has 108 valence electrons. The Morgan fingerprint density at radius 1 is 1.00 bits per heavy atom. The summed E-state index contributed by atoms with van der Waals surface area (Å²) in [7, 11) is 11.5. The van der Waals surface area contributed by atoms with E-state index in [1.165, 1.54) is 0 Å².